The van der Waals surface area contributed by atoms with Crippen LogP contribution >= 0.6 is 0 Å². The summed E-state index contributed by atoms with van der Waals surface area (Å²) in [6.45, 7) is 4.45. The molecule has 30 heavy (non-hydrogen) atoms. The Hall–Kier alpha value is -2.41. The van der Waals surface area contributed by atoms with Gasteiger partial charge in [0, 0.05) is 17.2 Å². The molecule has 1 spiro atoms. The molecule has 0 unspecified atom stereocenters. The molecule has 154 valence electrons. The SMILES string of the molecule is Cc1cc(-c2ccccc2C)[n+](C)cc1-c1ccc2c(c1)CCC1(CCCCC1)C2. The van der Waals surface area contributed by atoms with Crippen LogP contribution in [0.15, 0.2) is 54.7 Å². The Morgan fingerprint density at radius 1 is 0.767 bits per heavy atom. The average molecular weight is 397 g/mol. The molecule has 2 aliphatic carbocycles. The third-order valence-corrected chi connectivity index (χ3v) is 7.82. The van der Waals surface area contributed by atoms with Crippen molar-refractivity contribution in [3.63, 3.8) is 0 Å². The minimum atomic E-state index is 0.615. The molecule has 0 aliphatic heterocycles. The van der Waals surface area contributed by atoms with Gasteiger partial charge in [0.25, 0.3) is 0 Å². The highest BCUT2D eigenvalue weighted by Crippen LogP contribution is 2.46. The van der Waals surface area contributed by atoms with E-state index in [0.717, 1.165) is 0 Å². The average Bonchev–Trinajstić information content (AvgIpc) is 2.76. The largest absolute Gasteiger partial charge is 0.212 e. The second-order valence-corrected chi connectivity index (χ2v) is 9.90. The lowest BCUT2D eigenvalue weighted by Crippen LogP contribution is -2.32. The van der Waals surface area contributed by atoms with Gasteiger partial charge >= 0.3 is 0 Å². The van der Waals surface area contributed by atoms with Gasteiger partial charge in [-0.25, -0.2) is 4.57 Å². The first kappa shape index (κ1) is 19.5. The summed E-state index contributed by atoms with van der Waals surface area (Å²) in [4.78, 5) is 0. The first-order chi connectivity index (χ1) is 14.5. The molecule has 3 aromatic rings. The van der Waals surface area contributed by atoms with E-state index in [-0.39, 0.29) is 0 Å². The van der Waals surface area contributed by atoms with E-state index >= 15 is 0 Å². The van der Waals surface area contributed by atoms with Crippen LogP contribution in [0, 0.1) is 19.3 Å². The number of fused-ring (bicyclic) bond motifs is 1. The van der Waals surface area contributed by atoms with Crippen molar-refractivity contribution in [2.75, 3.05) is 0 Å². The lowest BCUT2D eigenvalue weighted by Gasteiger charge is -2.41. The topological polar surface area (TPSA) is 3.88 Å². The third kappa shape index (κ3) is 3.49. The van der Waals surface area contributed by atoms with Crippen molar-refractivity contribution < 1.29 is 4.57 Å². The maximum absolute atomic E-state index is 2.49. The van der Waals surface area contributed by atoms with Crippen LogP contribution in [0.4, 0.5) is 0 Å². The quantitative estimate of drug-likeness (QED) is 0.415. The molecule has 5 rings (SSSR count). The van der Waals surface area contributed by atoms with Gasteiger partial charge in [-0.1, -0.05) is 55.7 Å². The van der Waals surface area contributed by atoms with E-state index in [4.69, 9.17) is 0 Å². The number of benzene rings is 2. The van der Waals surface area contributed by atoms with Crippen molar-refractivity contribution in [3.8, 4) is 22.4 Å². The molecular weight excluding hydrogens is 362 g/mol. The van der Waals surface area contributed by atoms with Crippen molar-refractivity contribution in [1.29, 1.82) is 0 Å². The summed E-state index contributed by atoms with van der Waals surface area (Å²) in [6, 6.07) is 18.3. The van der Waals surface area contributed by atoms with E-state index < -0.39 is 0 Å². The van der Waals surface area contributed by atoms with Crippen LogP contribution in [0.25, 0.3) is 22.4 Å². The molecule has 1 fully saturated rings. The van der Waals surface area contributed by atoms with Gasteiger partial charge < -0.3 is 0 Å². The minimum Gasteiger partial charge on any atom is -0.200 e. The highest BCUT2D eigenvalue weighted by molar-refractivity contribution is 5.70. The summed E-state index contributed by atoms with van der Waals surface area (Å²) in [6.07, 6.45) is 13.5. The predicted molar refractivity (Wildman–Crippen MR) is 126 cm³/mol. The van der Waals surface area contributed by atoms with Gasteiger partial charge in [0.15, 0.2) is 6.20 Å². The van der Waals surface area contributed by atoms with E-state index in [0.29, 0.717) is 5.41 Å². The Morgan fingerprint density at radius 3 is 2.37 bits per heavy atom. The Labute approximate surface area is 181 Å². The van der Waals surface area contributed by atoms with Crippen LogP contribution in [-0.2, 0) is 19.9 Å². The lowest BCUT2D eigenvalue weighted by molar-refractivity contribution is -0.660. The summed E-state index contributed by atoms with van der Waals surface area (Å²) in [5.41, 5.74) is 11.8. The molecule has 2 aromatic carbocycles. The van der Waals surface area contributed by atoms with Crippen molar-refractivity contribution >= 4 is 0 Å². The molecule has 0 atom stereocenters. The van der Waals surface area contributed by atoms with Gasteiger partial charge in [-0.05, 0) is 85.3 Å². The highest BCUT2D eigenvalue weighted by atomic mass is 14.9. The first-order valence-corrected chi connectivity index (χ1v) is 11.7. The summed E-state index contributed by atoms with van der Waals surface area (Å²) in [7, 11) is 2.18. The van der Waals surface area contributed by atoms with Crippen LogP contribution < -0.4 is 4.57 Å². The standard InChI is InChI=1S/C29H34N/c1-21-9-5-6-10-26(21)28-17-22(2)27(20-30(28)3)24-11-12-25-19-29(14-7-4-8-15-29)16-13-23(25)18-24/h5-6,9-12,17-18,20H,4,7-8,13-16,19H2,1-3H3/q+1. The summed E-state index contributed by atoms with van der Waals surface area (Å²) in [5.74, 6) is 0. The number of rotatable bonds is 2. The number of pyridine rings is 1. The monoisotopic (exact) mass is 396 g/mol. The first-order valence-electron chi connectivity index (χ1n) is 11.7. The van der Waals surface area contributed by atoms with Crippen LogP contribution in [0.3, 0.4) is 0 Å². The van der Waals surface area contributed by atoms with Gasteiger partial charge in [-0.3, -0.25) is 0 Å². The zero-order valence-electron chi connectivity index (χ0n) is 18.8. The Kier molecular flexibility index (Phi) is 5.01. The molecule has 1 nitrogen and oxygen atoms in total. The zero-order valence-corrected chi connectivity index (χ0v) is 18.8. The molecule has 0 saturated heterocycles. The fourth-order valence-corrected chi connectivity index (χ4v) is 6.00. The van der Waals surface area contributed by atoms with Crippen LogP contribution in [0.5, 0.6) is 0 Å². The fourth-order valence-electron chi connectivity index (χ4n) is 6.00. The lowest BCUT2D eigenvalue weighted by atomic mass is 9.64. The molecule has 1 aromatic heterocycles. The summed E-state index contributed by atoms with van der Waals surface area (Å²) < 4.78 is 2.29. The summed E-state index contributed by atoms with van der Waals surface area (Å²) >= 11 is 0. The molecule has 1 saturated carbocycles. The van der Waals surface area contributed by atoms with Crippen molar-refractivity contribution in [1.82, 2.24) is 0 Å². The highest BCUT2D eigenvalue weighted by Gasteiger charge is 2.35. The van der Waals surface area contributed by atoms with Crippen LogP contribution in [-0.4, -0.2) is 0 Å². The molecule has 0 amide bonds. The fraction of sp³-hybridized carbons (Fsp3) is 0.414. The molecule has 2 aliphatic rings. The van der Waals surface area contributed by atoms with E-state index in [1.165, 1.54) is 84.9 Å². The van der Waals surface area contributed by atoms with Gasteiger partial charge in [-0.15, -0.1) is 0 Å². The maximum Gasteiger partial charge on any atom is 0.212 e. The van der Waals surface area contributed by atoms with Crippen molar-refractivity contribution in [3.05, 3.63) is 77.0 Å². The van der Waals surface area contributed by atoms with Crippen LogP contribution in [0.1, 0.15) is 60.8 Å². The Balaban J connectivity index is 1.48. The zero-order chi connectivity index (χ0) is 20.7. The van der Waals surface area contributed by atoms with Gasteiger partial charge in [0.2, 0.25) is 5.69 Å². The smallest absolute Gasteiger partial charge is 0.200 e. The molecule has 0 N–H and O–H groups in total. The van der Waals surface area contributed by atoms with E-state index in [2.05, 4.69) is 80.2 Å². The second-order valence-electron chi connectivity index (χ2n) is 9.90. The number of aromatic nitrogens is 1. The number of hydrogen-bond donors (Lipinski definition) is 0. The van der Waals surface area contributed by atoms with Crippen LogP contribution in [0.2, 0.25) is 0 Å². The molecule has 1 heteroatoms. The third-order valence-electron chi connectivity index (χ3n) is 7.82. The number of hydrogen-bond acceptors (Lipinski definition) is 0. The predicted octanol–water partition coefficient (Wildman–Crippen LogP) is 6.90. The molecule has 0 radical (unpaired) electrons. The maximum atomic E-state index is 2.49. The molecule has 0 bridgehead atoms. The van der Waals surface area contributed by atoms with Gasteiger partial charge in [0.1, 0.15) is 7.05 Å². The molecule has 1 heterocycles. The van der Waals surface area contributed by atoms with Gasteiger partial charge in [-0.2, -0.15) is 0 Å². The van der Waals surface area contributed by atoms with E-state index in [9.17, 15) is 0 Å². The van der Waals surface area contributed by atoms with Crippen molar-refractivity contribution in [2.45, 2.75) is 65.2 Å². The van der Waals surface area contributed by atoms with Crippen molar-refractivity contribution in [2.24, 2.45) is 12.5 Å². The molecular formula is C29H34N+. The van der Waals surface area contributed by atoms with Gasteiger partial charge in [0.05, 0.1) is 0 Å². The Morgan fingerprint density at radius 2 is 1.57 bits per heavy atom. The number of nitrogens with zero attached hydrogens (tertiary/aromatic N) is 1. The summed E-state index contributed by atoms with van der Waals surface area (Å²) in [5, 5.41) is 0. The number of aryl methyl sites for hydroxylation is 4. The second kappa shape index (κ2) is 7.69. The van der Waals surface area contributed by atoms with E-state index in [1.54, 1.807) is 11.1 Å². The Bertz CT molecular complexity index is 1090. The normalized spacial score (nSPS) is 17.7. The van der Waals surface area contributed by atoms with E-state index in [1.807, 2.05) is 0 Å². The minimum absolute atomic E-state index is 0.615.